The van der Waals surface area contributed by atoms with Crippen LogP contribution in [0.15, 0.2) is 29.5 Å². The Bertz CT molecular complexity index is 255. The van der Waals surface area contributed by atoms with Crippen molar-refractivity contribution in [3.63, 3.8) is 0 Å². The third kappa shape index (κ3) is 5.57. The van der Waals surface area contributed by atoms with Crippen LogP contribution in [-0.2, 0) is 6.42 Å². The Morgan fingerprint density at radius 3 is 2.62 bits per heavy atom. The van der Waals surface area contributed by atoms with Gasteiger partial charge in [0.1, 0.15) is 0 Å². The van der Waals surface area contributed by atoms with Gasteiger partial charge in [0.2, 0.25) is 0 Å². The second-order valence-electron chi connectivity index (χ2n) is 2.63. The fraction of sp³-hybridized carbons (Fsp3) is 0.333. The van der Waals surface area contributed by atoms with E-state index in [2.05, 4.69) is 9.98 Å². The maximum Gasteiger partial charge on any atom is 0.0905 e. The number of aromatic nitrogens is 1. The number of hydrogen-bond acceptors (Lipinski definition) is 2. The number of pyridine rings is 1. The van der Waals surface area contributed by atoms with E-state index in [9.17, 15) is 0 Å². The van der Waals surface area contributed by atoms with E-state index in [-0.39, 0.29) is 24.0 Å². The fourth-order valence-corrected chi connectivity index (χ4v) is 0.911. The van der Waals surface area contributed by atoms with Crippen LogP contribution in [-0.4, -0.2) is 17.4 Å². The molecule has 1 aromatic rings. The molecule has 0 spiro atoms. The lowest BCUT2D eigenvalue weighted by Gasteiger charge is -1.96. The number of aliphatic imine (C=N–C) groups is 1. The minimum atomic E-state index is 0. The second kappa shape index (κ2) is 6.82. The predicted molar refractivity (Wildman–Crippen MR) is 50.1 cm³/mol. The van der Waals surface area contributed by atoms with E-state index < -0.39 is 0 Å². The summed E-state index contributed by atoms with van der Waals surface area (Å²) in [5, 5.41) is 0. The highest BCUT2D eigenvalue weighted by Crippen LogP contribution is 1.96. The van der Waals surface area contributed by atoms with Gasteiger partial charge in [0.15, 0.2) is 0 Å². The zero-order valence-corrected chi connectivity index (χ0v) is 9.73. The number of nitrogens with two attached hydrogens (primary N) is 1. The summed E-state index contributed by atoms with van der Waals surface area (Å²) in [6.07, 6.45) is 4.50. The lowest BCUT2D eigenvalue weighted by Crippen LogP contribution is -3.00. The number of nitrogens with zero attached hydrogens (tertiary/aromatic N) is 2. The van der Waals surface area contributed by atoms with Crippen LogP contribution in [0.25, 0.3) is 0 Å². The fourth-order valence-electron chi connectivity index (χ4n) is 0.911. The first-order valence-electron chi connectivity index (χ1n) is 3.94. The molecule has 0 aliphatic rings. The Kier molecular flexibility index (Phi) is 6.48. The van der Waals surface area contributed by atoms with Crippen LogP contribution >= 0.6 is 0 Å². The van der Waals surface area contributed by atoms with Gasteiger partial charge in [0, 0.05) is 18.9 Å². The third-order valence-electron chi connectivity index (χ3n) is 1.51. The first-order valence-corrected chi connectivity index (χ1v) is 3.94. The van der Waals surface area contributed by atoms with Crippen molar-refractivity contribution < 1.29 is 24.0 Å². The van der Waals surface area contributed by atoms with Crippen LogP contribution in [0.2, 0.25) is 0 Å². The first-order chi connectivity index (χ1) is 5.79. The van der Waals surface area contributed by atoms with Gasteiger partial charge < -0.3 is 29.7 Å². The number of amidine groups is 1. The van der Waals surface area contributed by atoms with Gasteiger partial charge in [-0.15, -0.1) is 0 Å². The molecular formula is C9H13IN3-. The maximum absolute atomic E-state index is 5.39. The Balaban J connectivity index is 0.00000144. The molecule has 0 unspecified atom stereocenters. The van der Waals surface area contributed by atoms with E-state index >= 15 is 0 Å². The van der Waals surface area contributed by atoms with E-state index in [4.69, 9.17) is 5.73 Å². The SMILES string of the molecule is CC(N)=NCCc1ccncc1.[I-]. The van der Waals surface area contributed by atoms with Gasteiger partial charge in [0.05, 0.1) is 5.84 Å². The summed E-state index contributed by atoms with van der Waals surface area (Å²) in [4.78, 5) is 8.02. The first kappa shape index (κ1) is 12.3. The minimum absolute atomic E-state index is 0. The molecule has 0 saturated heterocycles. The van der Waals surface area contributed by atoms with Crippen LogP contribution in [0, 0.1) is 0 Å². The molecule has 13 heavy (non-hydrogen) atoms. The highest BCUT2D eigenvalue weighted by atomic mass is 127. The normalized spacial score (nSPS) is 10.7. The molecule has 1 rings (SSSR count). The standard InChI is InChI=1S/C9H13N3.HI/c1-8(10)12-7-4-9-2-5-11-6-3-9;/h2-3,5-6H,4,7H2,1H3,(H2,10,12);1H/p-1. The number of rotatable bonds is 3. The van der Waals surface area contributed by atoms with Crippen LogP contribution < -0.4 is 29.7 Å². The van der Waals surface area contributed by atoms with E-state index in [1.807, 2.05) is 12.1 Å². The van der Waals surface area contributed by atoms with Gasteiger partial charge in [-0.3, -0.25) is 9.98 Å². The minimum Gasteiger partial charge on any atom is -1.00 e. The van der Waals surface area contributed by atoms with E-state index in [0.717, 1.165) is 13.0 Å². The molecule has 0 fully saturated rings. The van der Waals surface area contributed by atoms with Gasteiger partial charge >= 0.3 is 0 Å². The Hall–Kier alpha value is -0.650. The van der Waals surface area contributed by atoms with Gasteiger partial charge in [-0.1, -0.05) is 0 Å². The van der Waals surface area contributed by atoms with Crippen molar-refractivity contribution in [2.45, 2.75) is 13.3 Å². The number of hydrogen-bond donors (Lipinski definition) is 1. The molecule has 0 radical (unpaired) electrons. The zero-order chi connectivity index (χ0) is 8.81. The van der Waals surface area contributed by atoms with Crippen molar-refractivity contribution in [2.24, 2.45) is 10.7 Å². The quantitative estimate of drug-likeness (QED) is 0.398. The maximum atomic E-state index is 5.39. The molecule has 3 nitrogen and oxygen atoms in total. The van der Waals surface area contributed by atoms with Gasteiger partial charge in [-0.2, -0.15) is 0 Å². The highest BCUT2D eigenvalue weighted by molar-refractivity contribution is 5.77. The molecule has 2 N–H and O–H groups in total. The lowest BCUT2D eigenvalue weighted by molar-refractivity contribution is -0.00000285. The van der Waals surface area contributed by atoms with Crippen molar-refractivity contribution in [2.75, 3.05) is 6.54 Å². The topological polar surface area (TPSA) is 51.3 Å². The Morgan fingerprint density at radius 2 is 2.08 bits per heavy atom. The Labute approximate surface area is 95.5 Å². The molecule has 4 heteroatoms. The van der Waals surface area contributed by atoms with Crippen LogP contribution in [0.5, 0.6) is 0 Å². The third-order valence-corrected chi connectivity index (χ3v) is 1.51. The average molecular weight is 290 g/mol. The summed E-state index contributed by atoms with van der Waals surface area (Å²) < 4.78 is 0. The van der Waals surface area contributed by atoms with Crippen LogP contribution in [0.1, 0.15) is 12.5 Å². The van der Waals surface area contributed by atoms with Crippen molar-refractivity contribution in [3.8, 4) is 0 Å². The van der Waals surface area contributed by atoms with E-state index in [0.29, 0.717) is 5.84 Å². The summed E-state index contributed by atoms with van der Waals surface area (Å²) in [5.41, 5.74) is 6.64. The Morgan fingerprint density at radius 1 is 1.46 bits per heavy atom. The van der Waals surface area contributed by atoms with E-state index in [1.165, 1.54) is 5.56 Å². The monoisotopic (exact) mass is 290 g/mol. The van der Waals surface area contributed by atoms with Crippen molar-refractivity contribution in [1.82, 2.24) is 4.98 Å². The highest BCUT2D eigenvalue weighted by Gasteiger charge is 1.89. The molecule has 1 aromatic heterocycles. The molecule has 1 heterocycles. The predicted octanol–water partition coefficient (Wildman–Crippen LogP) is -1.99. The smallest absolute Gasteiger partial charge is 0.0905 e. The van der Waals surface area contributed by atoms with Gasteiger partial charge in [-0.05, 0) is 31.0 Å². The molecule has 0 aliphatic heterocycles. The summed E-state index contributed by atoms with van der Waals surface area (Å²) in [6.45, 7) is 2.55. The lowest BCUT2D eigenvalue weighted by atomic mass is 10.2. The van der Waals surface area contributed by atoms with Crippen molar-refractivity contribution >= 4 is 5.84 Å². The number of halogens is 1. The molecular weight excluding hydrogens is 277 g/mol. The van der Waals surface area contributed by atoms with Crippen LogP contribution in [0.4, 0.5) is 0 Å². The molecule has 0 aliphatic carbocycles. The summed E-state index contributed by atoms with van der Waals surface area (Å²) in [7, 11) is 0. The summed E-state index contributed by atoms with van der Waals surface area (Å²) in [5.74, 6) is 0.643. The molecule has 0 saturated carbocycles. The zero-order valence-electron chi connectivity index (χ0n) is 7.57. The van der Waals surface area contributed by atoms with Gasteiger partial charge in [0.25, 0.3) is 0 Å². The van der Waals surface area contributed by atoms with Gasteiger partial charge in [-0.25, -0.2) is 0 Å². The second-order valence-corrected chi connectivity index (χ2v) is 2.63. The molecule has 0 atom stereocenters. The molecule has 0 aromatic carbocycles. The van der Waals surface area contributed by atoms with Crippen LogP contribution in [0.3, 0.4) is 0 Å². The van der Waals surface area contributed by atoms with E-state index in [1.54, 1.807) is 19.3 Å². The molecule has 0 bridgehead atoms. The largest absolute Gasteiger partial charge is 1.00 e. The molecule has 72 valence electrons. The van der Waals surface area contributed by atoms with Crippen molar-refractivity contribution in [3.05, 3.63) is 30.1 Å². The molecule has 0 amide bonds. The average Bonchev–Trinajstić information content (AvgIpc) is 2.05. The summed E-state index contributed by atoms with van der Waals surface area (Å²) in [6, 6.07) is 3.97. The van der Waals surface area contributed by atoms with Crippen molar-refractivity contribution in [1.29, 1.82) is 0 Å². The summed E-state index contributed by atoms with van der Waals surface area (Å²) >= 11 is 0.